The third-order valence-electron chi connectivity index (χ3n) is 1.62. The lowest BCUT2D eigenvalue weighted by molar-refractivity contribution is -0.114. The molecule has 3 heteroatoms. The Morgan fingerprint density at radius 1 is 1.14 bits per heavy atom. The van der Waals surface area contributed by atoms with Crippen molar-refractivity contribution in [3.05, 3.63) is 11.3 Å². The van der Waals surface area contributed by atoms with Crippen LogP contribution in [0.5, 0.6) is 0 Å². The average Bonchev–Trinajstić information content (AvgIpc) is 2.19. The first-order valence-corrected chi connectivity index (χ1v) is 4.98. The lowest BCUT2D eigenvalue weighted by atomic mass is 10.2. The molecule has 0 rings (SSSR count). The van der Waals surface area contributed by atoms with Crippen molar-refractivity contribution < 1.29 is 14.3 Å². The molecule has 0 saturated heterocycles. The summed E-state index contributed by atoms with van der Waals surface area (Å²) in [5.74, 6) is 0.667. The van der Waals surface area contributed by atoms with Crippen LogP contribution in [-0.4, -0.2) is 19.2 Å². The number of ketones is 1. The highest BCUT2D eigenvalue weighted by atomic mass is 16.7. The van der Waals surface area contributed by atoms with Crippen molar-refractivity contribution in [2.45, 2.75) is 41.5 Å². The molecule has 0 aromatic rings. The molecule has 0 bridgehead atoms. The number of carbonyl (C=O) groups is 1. The highest BCUT2D eigenvalue weighted by Crippen LogP contribution is 2.05. The second kappa shape index (κ2) is 10.3. The van der Waals surface area contributed by atoms with Crippen molar-refractivity contribution in [2.75, 3.05) is 13.4 Å². The minimum absolute atomic E-state index is 0.0315. The minimum Gasteiger partial charge on any atom is -0.472 e. The van der Waals surface area contributed by atoms with Crippen LogP contribution in [0.4, 0.5) is 0 Å². The van der Waals surface area contributed by atoms with E-state index in [-0.39, 0.29) is 12.6 Å². The number of ether oxygens (including phenoxy) is 2. The zero-order valence-corrected chi connectivity index (χ0v) is 10.1. The van der Waals surface area contributed by atoms with Crippen molar-refractivity contribution in [3.8, 4) is 0 Å². The molecular formula is C11H22O3. The standard InChI is InChI=1S/C9H16O3.C2H6/c1-5-11-6-12-9(4)7(2)8(3)10;1-2/h5-6H2,1-4H3;1-2H3/b9-7-;. The third-order valence-corrected chi connectivity index (χ3v) is 1.62. The summed E-state index contributed by atoms with van der Waals surface area (Å²) in [6.07, 6.45) is 0. The molecule has 0 N–H and O–H groups in total. The number of allylic oxidation sites excluding steroid dienone is 2. The van der Waals surface area contributed by atoms with Gasteiger partial charge in [-0.1, -0.05) is 13.8 Å². The maximum Gasteiger partial charge on any atom is 0.188 e. The Bertz CT molecular complexity index is 183. The second-order valence-electron chi connectivity index (χ2n) is 2.49. The van der Waals surface area contributed by atoms with E-state index >= 15 is 0 Å². The van der Waals surface area contributed by atoms with Gasteiger partial charge in [-0.2, -0.15) is 0 Å². The van der Waals surface area contributed by atoms with Crippen LogP contribution in [-0.2, 0) is 14.3 Å². The van der Waals surface area contributed by atoms with E-state index in [1.54, 1.807) is 13.8 Å². The zero-order chi connectivity index (χ0) is 11.6. The zero-order valence-electron chi connectivity index (χ0n) is 10.1. The normalized spacial score (nSPS) is 11.0. The Morgan fingerprint density at radius 2 is 1.64 bits per heavy atom. The van der Waals surface area contributed by atoms with Crippen molar-refractivity contribution in [1.82, 2.24) is 0 Å². The van der Waals surface area contributed by atoms with Crippen molar-refractivity contribution >= 4 is 5.78 Å². The van der Waals surface area contributed by atoms with Gasteiger partial charge in [-0.3, -0.25) is 4.79 Å². The quantitative estimate of drug-likeness (QED) is 0.297. The molecule has 0 heterocycles. The molecule has 0 aliphatic carbocycles. The molecule has 0 aromatic heterocycles. The summed E-state index contributed by atoms with van der Waals surface area (Å²) in [6.45, 7) is 11.7. The molecule has 0 fully saturated rings. The van der Waals surface area contributed by atoms with E-state index in [0.29, 0.717) is 17.9 Å². The van der Waals surface area contributed by atoms with E-state index in [1.807, 2.05) is 20.8 Å². The van der Waals surface area contributed by atoms with Gasteiger partial charge in [0.2, 0.25) is 0 Å². The lowest BCUT2D eigenvalue weighted by Gasteiger charge is -2.07. The second-order valence-corrected chi connectivity index (χ2v) is 2.49. The Kier molecular flexibility index (Phi) is 11.4. The summed E-state index contributed by atoms with van der Waals surface area (Å²) < 4.78 is 10.1. The maximum absolute atomic E-state index is 10.8. The molecule has 3 nitrogen and oxygen atoms in total. The minimum atomic E-state index is 0.0315. The number of Topliss-reactive ketones (excluding diaryl/α,β-unsaturated/α-hetero) is 1. The van der Waals surface area contributed by atoms with Crippen molar-refractivity contribution in [2.24, 2.45) is 0 Å². The summed E-state index contributed by atoms with van der Waals surface area (Å²) >= 11 is 0. The fraction of sp³-hybridized carbons (Fsp3) is 0.727. The van der Waals surface area contributed by atoms with Crippen molar-refractivity contribution in [3.63, 3.8) is 0 Å². The molecule has 0 spiro atoms. The van der Waals surface area contributed by atoms with E-state index in [2.05, 4.69) is 0 Å². The van der Waals surface area contributed by atoms with E-state index in [1.165, 1.54) is 6.92 Å². The van der Waals surface area contributed by atoms with Crippen LogP contribution >= 0.6 is 0 Å². The SMILES string of the molecule is CC.CCOCO/C(C)=C(/C)C(C)=O. The Morgan fingerprint density at radius 3 is 2.00 bits per heavy atom. The van der Waals surface area contributed by atoms with Crippen LogP contribution in [0.15, 0.2) is 11.3 Å². The van der Waals surface area contributed by atoms with Gasteiger partial charge in [0, 0.05) is 12.2 Å². The fourth-order valence-corrected chi connectivity index (χ4v) is 0.570. The molecule has 0 atom stereocenters. The highest BCUT2D eigenvalue weighted by Gasteiger charge is 2.02. The Balaban J connectivity index is 0. The van der Waals surface area contributed by atoms with E-state index in [9.17, 15) is 4.79 Å². The molecular weight excluding hydrogens is 180 g/mol. The van der Waals surface area contributed by atoms with Crippen LogP contribution in [0.25, 0.3) is 0 Å². The number of hydrogen-bond acceptors (Lipinski definition) is 3. The van der Waals surface area contributed by atoms with E-state index in [4.69, 9.17) is 9.47 Å². The van der Waals surface area contributed by atoms with Gasteiger partial charge in [-0.15, -0.1) is 0 Å². The molecule has 0 aromatic carbocycles. The predicted molar refractivity (Wildman–Crippen MR) is 58.0 cm³/mol. The summed E-state index contributed by atoms with van der Waals surface area (Å²) in [5, 5.41) is 0. The Hall–Kier alpha value is -0.830. The van der Waals surface area contributed by atoms with Gasteiger partial charge >= 0.3 is 0 Å². The third kappa shape index (κ3) is 7.80. The van der Waals surface area contributed by atoms with Crippen LogP contribution < -0.4 is 0 Å². The number of rotatable bonds is 5. The lowest BCUT2D eigenvalue weighted by Crippen LogP contribution is -2.02. The van der Waals surface area contributed by atoms with Gasteiger partial charge in [0.05, 0.1) is 0 Å². The first-order valence-electron chi connectivity index (χ1n) is 4.98. The number of hydrogen-bond donors (Lipinski definition) is 0. The fourth-order valence-electron chi connectivity index (χ4n) is 0.570. The molecule has 0 radical (unpaired) electrons. The highest BCUT2D eigenvalue weighted by molar-refractivity contribution is 5.92. The molecule has 0 aliphatic rings. The van der Waals surface area contributed by atoms with E-state index < -0.39 is 0 Å². The average molecular weight is 202 g/mol. The van der Waals surface area contributed by atoms with Gasteiger partial charge in [-0.05, 0) is 27.7 Å². The summed E-state index contributed by atoms with van der Waals surface area (Å²) in [6, 6.07) is 0. The number of carbonyl (C=O) groups excluding carboxylic acids is 1. The summed E-state index contributed by atoms with van der Waals surface area (Å²) in [4.78, 5) is 10.8. The molecule has 0 aliphatic heterocycles. The van der Waals surface area contributed by atoms with Gasteiger partial charge in [0.1, 0.15) is 5.76 Å². The van der Waals surface area contributed by atoms with Crippen LogP contribution in [0.2, 0.25) is 0 Å². The monoisotopic (exact) mass is 202 g/mol. The Labute approximate surface area is 87.1 Å². The van der Waals surface area contributed by atoms with Crippen LogP contribution in [0, 0.1) is 0 Å². The first-order chi connectivity index (χ1) is 6.59. The molecule has 0 saturated carbocycles. The predicted octanol–water partition coefficient (Wildman–Crippen LogP) is 2.91. The van der Waals surface area contributed by atoms with Crippen LogP contribution in [0.1, 0.15) is 41.5 Å². The summed E-state index contributed by atoms with van der Waals surface area (Å²) in [7, 11) is 0. The molecule has 0 amide bonds. The topological polar surface area (TPSA) is 35.5 Å². The van der Waals surface area contributed by atoms with E-state index in [0.717, 1.165) is 0 Å². The summed E-state index contributed by atoms with van der Waals surface area (Å²) in [5.41, 5.74) is 0.648. The largest absolute Gasteiger partial charge is 0.472 e. The molecule has 0 unspecified atom stereocenters. The van der Waals surface area contributed by atoms with Crippen LogP contribution in [0.3, 0.4) is 0 Å². The smallest absolute Gasteiger partial charge is 0.188 e. The van der Waals surface area contributed by atoms with Gasteiger partial charge < -0.3 is 9.47 Å². The first kappa shape index (κ1) is 15.6. The van der Waals surface area contributed by atoms with Gasteiger partial charge in [0.15, 0.2) is 12.6 Å². The maximum atomic E-state index is 10.8. The molecule has 14 heavy (non-hydrogen) atoms. The van der Waals surface area contributed by atoms with Gasteiger partial charge in [0.25, 0.3) is 0 Å². The van der Waals surface area contributed by atoms with Crippen molar-refractivity contribution in [1.29, 1.82) is 0 Å². The molecule has 84 valence electrons. The van der Waals surface area contributed by atoms with Gasteiger partial charge in [-0.25, -0.2) is 0 Å².